The van der Waals surface area contributed by atoms with Crippen molar-refractivity contribution in [1.82, 2.24) is 20.1 Å². The first-order valence-corrected chi connectivity index (χ1v) is 11.8. The molecule has 166 valence electrons. The maximum absolute atomic E-state index is 12.7. The van der Waals surface area contributed by atoms with Gasteiger partial charge >= 0.3 is 0 Å². The molecule has 0 unspecified atom stereocenters. The first-order valence-electron chi connectivity index (χ1n) is 11.8. The lowest BCUT2D eigenvalue weighted by Crippen LogP contribution is -2.46. The molecule has 2 aromatic carbocycles. The molecule has 6 rings (SSSR count). The van der Waals surface area contributed by atoms with Gasteiger partial charge in [0.15, 0.2) is 0 Å². The molecule has 1 aromatic heterocycles. The Labute approximate surface area is 188 Å². The highest BCUT2D eigenvalue weighted by molar-refractivity contribution is 6.05. The molecule has 0 spiro atoms. The molecule has 1 aliphatic carbocycles. The van der Waals surface area contributed by atoms with Gasteiger partial charge in [0.2, 0.25) is 0 Å². The van der Waals surface area contributed by atoms with Crippen LogP contribution in [0.2, 0.25) is 0 Å². The number of benzene rings is 2. The van der Waals surface area contributed by atoms with Crippen molar-refractivity contribution in [3.8, 4) is 11.3 Å². The van der Waals surface area contributed by atoms with Crippen LogP contribution in [0.4, 0.5) is 0 Å². The minimum absolute atomic E-state index is 0.0529. The number of hydrogen-bond acceptors (Lipinski definition) is 4. The Kier molecular flexibility index (Phi) is 5.01. The van der Waals surface area contributed by atoms with E-state index in [1.165, 1.54) is 34.9 Å². The average Bonchev–Trinajstić information content (AvgIpc) is 3.45. The third kappa shape index (κ3) is 3.62. The van der Waals surface area contributed by atoms with Crippen molar-refractivity contribution in [3.63, 3.8) is 0 Å². The molecule has 3 N–H and O–H groups in total. The molecule has 0 atom stereocenters. The minimum atomic E-state index is 0.0529. The monoisotopic (exact) mass is 430 g/mol. The molecule has 6 nitrogen and oxygen atoms in total. The van der Waals surface area contributed by atoms with Gasteiger partial charge < -0.3 is 15.4 Å². The van der Waals surface area contributed by atoms with E-state index in [1.54, 1.807) is 0 Å². The van der Waals surface area contributed by atoms with Crippen LogP contribution in [0.3, 0.4) is 0 Å². The lowest BCUT2D eigenvalue weighted by Gasteiger charge is -2.34. The number of aromatic nitrogens is 1. The Morgan fingerprint density at radius 3 is 2.59 bits per heavy atom. The van der Waals surface area contributed by atoms with Gasteiger partial charge in [0.05, 0.1) is 12.2 Å². The van der Waals surface area contributed by atoms with Gasteiger partial charge in [-0.2, -0.15) is 0 Å². The summed E-state index contributed by atoms with van der Waals surface area (Å²) >= 11 is 0. The molecule has 6 heteroatoms. The van der Waals surface area contributed by atoms with Crippen molar-refractivity contribution in [2.75, 3.05) is 39.3 Å². The van der Waals surface area contributed by atoms with Crippen molar-refractivity contribution < 1.29 is 9.90 Å². The summed E-state index contributed by atoms with van der Waals surface area (Å²) in [6.07, 6.45) is 2.48. The summed E-state index contributed by atoms with van der Waals surface area (Å²) in [5, 5.41) is 13.4. The maximum Gasteiger partial charge on any atom is 0.252 e. The van der Waals surface area contributed by atoms with Crippen molar-refractivity contribution in [2.24, 2.45) is 0 Å². The molecular formula is C26H30N4O2. The summed E-state index contributed by atoms with van der Waals surface area (Å²) in [5.41, 5.74) is 7.87. The van der Waals surface area contributed by atoms with Gasteiger partial charge in [-0.3, -0.25) is 14.6 Å². The van der Waals surface area contributed by atoms with Crippen LogP contribution in [0.15, 0.2) is 36.4 Å². The van der Waals surface area contributed by atoms with Gasteiger partial charge in [0.25, 0.3) is 5.91 Å². The number of amides is 1. The number of piperazine rings is 1. The first-order chi connectivity index (χ1) is 15.7. The fourth-order valence-corrected chi connectivity index (χ4v) is 5.37. The highest BCUT2D eigenvalue weighted by Gasteiger charge is 2.33. The molecule has 1 saturated carbocycles. The minimum Gasteiger partial charge on any atom is -0.395 e. The van der Waals surface area contributed by atoms with Crippen LogP contribution in [0.5, 0.6) is 0 Å². The van der Waals surface area contributed by atoms with E-state index in [9.17, 15) is 4.79 Å². The van der Waals surface area contributed by atoms with E-state index >= 15 is 0 Å². The van der Waals surface area contributed by atoms with Crippen LogP contribution in [0, 0.1) is 0 Å². The van der Waals surface area contributed by atoms with Gasteiger partial charge in [-0.1, -0.05) is 18.2 Å². The first kappa shape index (κ1) is 20.0. The number of carbonyl (C=O) groups is 1. The third-order valence-electron chi connectivity index (χ3n) is 7.28. The molecule has 0 radical (unpaired) electrons. The van der Waals surface area contributed by atoms with Gasteiger partial charge in [-0.25, -0.2) is 0 Å². The zero-order valence-corrected chi connectivity index (χ0v) is 18.4. The second kappa shape index (κ2) is 8.03. The number of fused-ring (bicyclic) bond motifs is 2. The van der Waals surface area contributed by atoms with E-state index in [2.05, 4.69) is 56.5 Å². The largest absolute Gasteiger partial charge is 0.395 e. The molecule has 2 aliphatic heterocycles. The predicted molar refractivity (Wildman–Crippen MR) is 126 cm³/mol. The van der Waals surface area contributed by atoms with Crippen LogP contribution in [-0.4, -0.2) is 65.1 Å². The fourth-order valence-electron chi connectivity index (χ4n) is 5.37. The van der Waals surface area contributed by atoms with Crippen molar-refractivity contribution in [2.45, 2.75) is 31.8 Å². The lowest BCUT2D eigenvalue weighted by atomic mass is 9.94. The number of aliphatic hydroxyl groups is 1. The number of nitrogens with one attached hydrogen (secondary N) is 2. The van der Waals surface area contributed by atoms with Crippen LogP contribution in [-0.2, 0) is 13.1 Å². The summed E-state index contributed by atoms with van der Waals surface area (Å²) in [6, 6.07) is 13.2. The Hall–Kier alpha value is -2.67. The van der Waals surface area contributed by atoms with Gasteiger partial charge in [-0.05, 0) is 53.6 Å². The van der Waals surface area contributed by atoms with Crippen LogP contribution < -0.4 is 5.32 Å². The fraction of sp³-hybridized carbons (Fsp3) is 0.423. The zero-order valence-electron chi connectivity index (χ0n) is 18.4. The standard InChI is InChI=1S/C26H30N4O2/c31-12-11-29-7-9-30(10-8-29)16-17-1-6-23-19(13-17)14-24(28-23)21-5-4-20(18-2-3-18)22-15-27-26(32)25(21)22/h1,4-6,13-14,18,28,31H,2-3,7-12,15-16H2,(H,27,32). The molecule has 32 heavy (non-hydrogen) atoms. The maximum atomic E-state index is 12.7. The Morgan fingerprint density at radius 1 is 1.00 bits per heavy atom. The molecule has 3 aromatic rings. The summed E-state index contributed by atoms with van der Waals surface area (Å²) in [7, 11) is 0. The van der Waals surface area contributed by atoms with E-state index in [1.807, 2.05) is 0 Å². The highest BCUT2D eigenvalue weighted by atomic mass is 16.3. The second-order valence-electron chi connectivity index (χ2n) is 9.46. The smallest absolute Gasteiger partial charge is 0.252 e. The number of nitrogens with zero attached hydrogens (tertiary/aromatic N) is 2. The SMILES string of the molecule is O=C1NCc2c(C3CC3)ccc(-c3cc4cc(CN5CCN(CCO)CC5)ccc4[nH]3)c21. The summed E-state index contributed by atoms with van der Waals surface area (Å²) in [4.78, 5) is 21.0. The van der Waals surface area contributed by atoms with Crippen LogP contribution >= 0.6 is 0 Å². The normalized spacial score (nSPS) is 19.5. The van der Waals surface area contributed by atoms with Crippen LogP contribution in [0.25, 0.3) is 22.2 Å². The number of hydrogen-bond donors (Lipinski definition) is 3. The topological polar surface area (TPSA) is 71.6 Å². The van der Waals surface area contributed by atoms with E-state index in [-0.39, 0.29) is 12.5 Å². The Bertz CT molecular complexity index is 1170. The Morgan fingerprint density at radius 2 is 1.81 bits per heavy atom. The summed E-state index contributed by atoms with van der Waals surface area (Å²) in [5.74, 6) is 0.693. The molecule has 1 saturated heterocycles. The van der Waals surface area contributed by atoms with E-state index < -0.39 is 0 Å². The second-order valence-corrected chi connectivity index (χ2v) is 9.46. The Balaban J connectivity index is 1.26. The van der Waals surface area contributed by atoms with Gasteiger partial charge in [-0.15, -0.1) is 0 Å². The lowest BCUT2D eigenvalue weighted by molar-refractivity contribution is 0.0966. The third-order valence-corrected chi connectivity index (χ3v) is 7.28. The van der Waals surface area contributed by atoms with E-state index in [4.69, 9.17) is 5.11 Å². The highest BCUT2D eigenvalue weighted by Crippen LogP contribution is 2.45. The predicted octanol–water partition coefficient (Wildman–Crippen LogP) is 3.07. The number of aromatic amines is 1. The number of β-amino-alcohol motifs (C(OH)–C–C–N with tert-alkyl or cyclic N) is 1. The van der Waals surface area contributed by atoms with Crippen LogP contribution in [0.1, 0.15) is 45.8 Å². The zero-order chi connectivity index (χ0) is 21.7. The number of carbonyl (C=O) groups excluding carboxylic acids is 1. The molecule has 3 heterocycles. The van der Waals surface area contributed by atoms with Crippen molar-refractivity contribution in [1.29, 1.82) is 0 Å². The van der Waals surface area contributed by atoms with E-state index in [0.29, 0.717) is 12.5 Å². The molecule has 0 bridgehead atoms. The number of H-pyrrole nitrogens is 1. The number of aliphatic hydroxyl groups excluding tert-OH is 1. The molecular weight excluding hydrogens is 400 g/mol. The quantitative estimate of drug-likeness (QED) is 0.562. The average molecular weight is 431 g/mol. The van der Waals surface area contributed by atoms with Crippen molar-refractivity contribution in [3.05, 3.63) is 58.7 Å². The van der Waals surface area contributed by atoms with Gasteiger partial charge in [0.1, 0.15) is 0 Å². The molecule has 2 fully saturated rings. The molecule has 1 amide bonds. The summed E-state index contributed by atoms with van der Waals surface area (Å²) < 4.78 is 0. The van der Waals surface area contributed by atoms with E-state index in [0.717, 1.165) is 61.6 Å². The number of rotatable bonds is 6. The molecule has 3 aliphatic rings. The van der Waals surface area contributed by atoms with Gasteiger partial charge in [0, 0.05) is 68.0 Å². The summed E-state index contributed by atoms with van der Waals surface area (Å²) in [6.45, 7) is 6.70. The van der Waals surface area contributed by atoms with Crippen molar-refractivity contribution >= 4 is 16.8 Å².